The first-order valence-electron chi connectivity index (χ1n) is 6.63. The van der Waals surface area contributed by atoms with E-state index >= 15 is 0 Å². The molecule has 0 aliphatic carbocycles. The maximum Gasteiger partial charge on any atom is 0.255 e. The summed E-state index contributed by atoms with van der Waals surface area (Å²) in [6, 6.07) is 12.1. The van der Waals surface area contributed by atoms with Crippen LogP contribution in [0.1, 0.15) is 11.1 Å². The van der Waals surface area contributed by atoms with Gasteiger partial charge in [0.25, 0.3) is 5.91 Å². The minimum absolute atomic E-state index is 0.206. The van der Waals surface area contributed by atoms with Gasteiger partial charge in [-0.05, 0) is 36.8 Å². The standard InChI is InChI=1S/C17H14FNO2/c1-11-6-7-14(9-15(11)18)19-17(20)13-8-12-4-2-3-5-16(12)21-10-13/h2-9H,10H2,1H3,(H,19,20). The van der Waals surface area contributed by atoms with Crippen LogP contribution in [0, 0.1) is 12.7 Å². The topological polar surface area (TPSA) is 38.3 Å². The van der Waals surface area contributed by atoms with Crippen LogP contribution in [0.2, 0.25) is 0 Å². The van der Waals surface area contributed by atoms with Crippen molar-refractivity contribution in [3.05, 3.63) is 65.0 Å². The molecule has 1 N–H and O–H groups in total. The van der Waals surface area contributed by atoms with Crippen molar-refractivity contribution >= 4 is 17.7 Å². The summed E-state index contributed by atoms with van der Waals surface area (Å²) >= 11 is 0. The zero-order chi connectivity index (χ0) is 14.8. The van der Waals surface area contributed by atoms with Gasteiger partial charge in [-0.1, -0.05) is 24.3 Å². The van der Waals surface area contributed by atoms with Crippen molar-refractivity contribution in [2.45, 2.75) is 6.92 Å². The number of hydrogen-bond acceptors (Lipinski definition) is 2. The largest absolute Gasteiger partial charge is 0.488 e. The second-order valence-electron chi connectivity index (χ2n) is 4.91. The Hall–Kier alpha value is -2.62. The van der Waals surface area contributed by atoms with Crippen LogP contribution in [0.4, 0.5) is 10.1 Å². The second-order valence-corrected chi connectivity index (χ2v) is 4.91. The van der Waals surface area contributed by atoms with Crippen LogP contribution in [-0.2, 0) is 4.79 Å². The third-order valence-electron chi connectivity index (χ3n) is 3.35. The number of carbonyl (C=O) groups is 1. The molecule has 0 bridgehead atoms. The molecule has 3 nitrogen and oxygen atoms in total. The van der Waals surface area contributed by atoms with Gasteiger partial charge in [0.1, 0.15) is 18.2 Å². The molecular formula is C17H14FNO2. The lowest BCUT2D eigenvalue weighted by atomic mass is 10.1. The number of nitrogens with one attached hydrogen (secondary N) is 1. The highest BCUT2D eigenvalue weighted by Crippen LogP contribution is 2.26. The molecular weight excluding hydrogens is 269 g/mol. The predicted molar refractivity (Wildman–Crippen MR) is 79.7 cm³/mol. The number of rotatable bonds is 2. The molecule has 2 aromatic rings. The Morgan fingerprint density at radius 2 is 2.05 bits per heavy atom. The first-order chi connectivity index (χ1) is 10.1. The fraction of sp³-hybridized carbons (Fsp3) is 0.118. The van der Waals surface area contributed by atoms with Gasteiger partial charge in [0.15, 0.2) is 0 Å². The number of halogens is 1. The van der Waals surface area contributed by atoms with Crippen LogP contribution in [-0.4, -0.2) is 12.5 Å². The Kier molecular flexibility index (Phi) is 3.44. The molecule has 0 saturated carbocycles. The summed E-state index contributed by atoms with van der Waals surface area (Å²) in [4.78, 5) is 12.2. The van der Waals surface area contributed by atoms with Crippen molar-refractivity contribution in [2.75, 3.05) is 11.9 Å². The smallest absolute Gasteiger partial charge is 0.255 e. The molecule has 0 spiro atoms. The minimum atomic E-state index is -0.341. The molecule has 0 saturated heterocycles. The maximum atomic E-state index is 13.5. The van der Waals surface area contributed by atoms with Gasteiger partial charge in [0.2, 0.25) is 0 Å². The lowest BCUT2D eigenvalue weighted by Gasteiger charge is -2.17. The van der Waals surface area contributed by atoms with E-state index in [1.807, 2.05) is 24.3 Å². The number of hydrogen-bond donors (Lipinski definition) is 1. The van der Waals surface area contributed by atoms with Gasteiger partial charge >= 0.3 is 0 Å². The molecule has 1 amide bonds. The Bertz CT molecular complexity index is 737. The molecule has 106 valence electrons. The van der Waals surface area contributed by atoms with E-state index in [1.54, 1.807) is 25.1 Å². The highest BCUT2D eigenvalue weighted by molar-refractivity contribution is 6.07. The van der Waals surface area contributed by atoms with E-state index < -0.39 is 0 Å². The summed E-state index contributed by atoms with van der Waals surface area (Å²) in [6.07, 6.45) is 1.79. The van der Waals surface area contributed by atoms with E-state index in [2.05, 4.69) is 5.32 Å². The average Bonchev–Trinajstić information content (AvgIpc) is 2.50. The van der Waals surface area contributed by atoms with Gasteiger partial charge < -0.3 is 10.1 Å². The number of anilines is 1. The molecule has 3 rings (SSSR count). The molecule has 1 aliphatic rings. The molecule has 0 aromatic heterocycles. The van der Waals surface area contributed by atoms with Crippen LogP contribution in [0.15, 0.2) is 48.0 Å². The molecule has 4 heteroatoms. The first-order valence-corrected chi connectivity index (χ1v) is 6.63. The van der Waals surface area contributed by atoms with Crippen LogP contribution in [0.5, 0.6) is 5.75 Å². The molecule has 0 radical (unpaired) electrons. The van der Waals surface area contributed by atoms with Crippen molar-refractivity contribution in [3.63, 3.8) is 0 Å². The number of amides is 1. The van der Waals surface area contributed by atoms with Gasteiger partial charge in [0.05, 0.1) is 5.57 Å². The Morgan fingerprint density at radius 1 is 1.24 bits per heavy atom. The zero-order valence-electron chi connectivity index (χ0n) is 11.5. The summed E-state index contributed by atoms with van der Waals surface area (Å²) in [7, 11) is 0. The van der Waals surface area contributed by atoms with Gasteiger partial charge in [-0.3, -0.25) is 4.79 Å². The monoisotopic (exact) mass is 283 g/mol. The SMILES string of the molecule is Cc1ccc(NC(=O)C2=Cc3ccccc3OC2)cc1F. The molecule has 0 unspecified atom stereocenters. The number of carbonyl (C=O) groups excluding carboxylic acids is 1. The Morgan fingerprint density at radius 3 is 2.86 bits per heavy atom. The summed E-state index contributed by atoms with van der Waals surface area (Å²) in [6.45, 7) is 1.88. The number of aryl methyl sites for hydroxylation is 1. The van der Waals surface area contributed by atoms with Crippen LogP contribution < -0.4 is 10.1 Å². The number of ether oxygens (including phenoxy) is 1. The quantitative estimate of drug-likeness (QED) is 0.915. The van der Waals surface area contributed by atoms with E-state index in [9.17, 15) is 9.18 Å². The third kappa shape index (κ3) is 2.79. The Balaban J connectivity index is 1.80. The van der Waals surface area contributed by atoms with E-state index in [0.717, 1.165) is 11.3 Å². The minimum Gasteiger partial charge on any atom is -0.488 e. The summed E-state index contributed by atoms with van der Waals surface area (Å²) in [5.41, 5.74) is 2.35. The third-order valence-corrected chi connectivity index (χ3v) is 3.35. The number of fused-ring (bicyclic) bond motifs is 1. The second kappa shape index (κ2) is 5.40. The van der Waals surface area contributed by atoms with E-state index in [1.165, 1.54) is 6.07 Å². The van der Waals surface area contributed by atoms with Gasteiger partial charge in [0, 0.05) is 11.3 Å². The molecule has 2 aromatic carbocycles. The predicted octanol–water partition coefficient (Wildman–Crippen LogP) is 3.55. The lowest BCUT2D eigenvalue weighted by molar-refractivity contribution is -0.113. The van der Waals surface area contributed by atoms with Crippen molar-refractivity contribution in [3.8, 4) is 5.75 Å². The van der Waals surface area contributed by atoms with Crippen LogP contribution in [0.3, 0.4) is 0 Å². The molecule has 0 atom stereocenters. The summed E-state index contributed by atoms with van der Waals surface area (Å²) in [5, 5.41) is 2.68. The number of benzene rings is 2. The van der Waals surface area contributed by atoms with Gasteiger partial charge in [-0.2, -0.15) is 0 Å². The molecule has 0 fully saturated rings. The molecule has 1 heterocycles. The average molecular weight is 283 g/mol. The van der Waals surface area contributed by atoms with Crippen molar-refractivity contribution in [2.24, 2.45) is 0 Å². The summed E-state index contributed by atoms with van der Waals surface area (Å²) in [5.74, 6) is 0.134. The first kappa shape index (κ1) is 13.4. The molecule has 21 heavy (non-hydrogen) atoms. The van der Waals surface area contributed by atoms with Gasteiger partial charge in [-0.25, -0.2) is 4.39 Å². The van der Waals surface area contributed by atoms with Crippen molar-refractivity contribution < 1.29 is 13.9 Å². The lowest BCUT2D eigenvalue weighted by Crippen LogP contribution is -2.21. The van der Waals surface area contributed by atoms with Crippen LogP contribution >= 0.6 is 0 Å². The normalized spacial score (nSPS) is 13.0. The fourth-order valence-corrected chi connectivity index (χ4v) is 2.13. The Labute approximate surface area is 122 Å². The van der Waals surface area contributed by atoms with Crippen molar-refractivity contribution in [1.82, 2.24) is 0 Å². The summed E-state index contributed by atoms with van der Waals surface area (Å²) < 4.78 is 19.0. The van der Waals surface area contributed by atoms with Gasteiger partial charge in [-0.15, -0.1) is 0 Å². The highest BCUT2D eigenvalue weighted by Gasteiger charge is 2.17. The maximum absolute atomic E-state index is 13.5. The van der Waals surface area contributed by atoms with E-state index in [0.29, 0.717) is 16.8 Å². The number of para-hydroxylation sites is 1. The zero-order valence-corrected chi connectivity index (χ0v) is 11.5. The van der Waals surface area contributed by atoms with E-state index in [-0.39, 0.29) is 18.3 Å². The fourth-order valence-electron chi connectivity index (χ4n) is 2.13. The van der Waals surface area contributed by atoms with E-state index in [4.69, 9.17) is 4.74 Å². The highest BCUT2D eigenvalue weighted by atomic mass is 19.1. The molecule has 1 aliphatic heterocycles. The van der Waals surface area contributed by atoms with Crippen LogP contribution in [0.25, 0.3) is 6.08 Å². The van der Waals surface area contributed by atoms with Crippen molar-refractivity contribution in [1.29, 1.82) is 0 Å².